The fourth-order valence-electron chi connectivity index (χ4n) is 18.8. The number of fused-ring (bicyclic) bond motifs is 25. The summed E-state index contributed by atoms with van der Waals surface area (Å²) in [5.41, 5.74) is 25.2. The van der Waals surface area contributed by atoms with Crippen LogP contribution in [0.25, 0.3) is 220 Å². The molecule has 14 heterocycles. The molecule has 25 rings (SSSR count). The van der Waals surface area contributed by atoms with Gasteiger partial charge in [0, 0.05) is 139 Å². The summed E-state index contributed by atoms with van der Waals surface area (Å²) in [5.74, 6) is 0. The molecule has 14 nitrogen and oxygen atoms in total. The third-order valence-corrected chi connectivity index (χ3v) is 25.1. The van der Waals surface area contributed by atoms with E-state index >= 15 is 0 Å². The lowest BCUT2D eigenvalue weighted by Gasteiger charge is -2.07. The first kappa shape index (κ1) is 74.7. The van der Waals surface area contributed by atoms with Crippen molar-refractivity contribution in [3.05, 3.63) is 366 Å². The molecule has 0 fully saturated rings. The summed E-state index contributed by atoms with van der Waals surface area (Å²) in [4.78, 5) is 18.3. The number of furan rings is 5. The normalized spacial score (nSPS) is 13.3. The summed E-state index contributed by atoms with van der Waals surface area (Å²) in [6.45, 7) is -1.43. The van der Waals surface area contributed by atoms with Crippen molar-refractivity contribution >= 4 is 164 Å². The van der Waals surface area contributed by atoms with Crippen molar-refractivity contribution in [3.63, 3.8) is 0 Å². The third-order valence-electron chi connectivity index (χ3n) is 25.1. The lowest BCUT2D eigenvalue weighted by atomic mass is 9.99. The third kappa shape index (κ3) is 15.8. The van der Waals surface area contributed by atoms with Crippen LogP contribution in [0, 0.1) is 68.9 Å². The lowest BCUT2D eigenvalue weighted by molar-refractivity contribution is -0.659. The minimum atomic E-state index is -2.38. The van der Waals surface area contributed by atoms with Gasteiger partial charge >= 0.3 is 0 Å². The molecule has 0 aliphatic heterocycles. The maximum atomic E-state index is 8.16. The van der Waals surface area contributed by atoms with Crippen LogP contribution in [-0.2, 0) is 35.2 Å². The van der Waals surface area contributed by atoms with Crippen molar-refractivity contribution in [1.82, 2.24) is 19.9 Å². The molecule has 670 valence electrons. The van der Waals surface area contributed by atoms with Gasteiger partial charge in [-0.15, -0.1) is 0 Å². The van der Waals surface area contributed by atoms with Crippen molar-refractivity contribution < 1.29 is 65.5 Å². The average Bonchev–Trinajstić information content (AvgIpc) is 1.55. The van der Waals surface area contributed by atoms with Crippen molar-refractivity contribution in [2.24, 2.45) is 35.2 Å². The van der Waals surface area contributed by atoms with E-state index in [1.165, 1.54) is 22.3 Å². The fraction of sp³-hybridized carbons (Fsp3) is 0.165. The second kappa shape index (κ2) is 37.0. The van der Waals surface area contributed by atoms with Gasteiger partial charge in [-0.3, -0.25) is 19.9 Å². The van der Waals surface area contributed by atoms with E-state index in [0.717, 1.165) is 154 Å². The highest BCUT2D eigenvalue weighted by Gasteiger charge is 2.32. The summed E-state index contributed by atoms with van der Waals surface area (Å²) in [7, 11) is 9.52. The first-order valence-corrected chi connectivity index (χ1v) is 42.9. The Balaban J connectivity index is 0.000000133. The van der Waals surface area contributed by atoms with E-state index < -0.39 is 34.3 Å². The molecule has 0 aliphatic rings. The van der Waals surface area contributed by atoms with Crippen LogP contribution in [-0.4, -0.2) is 19.9 Å². The van der Waals surface area contributed by atoms with Crippen LogP contribution in [0.3, 0.4) is 0 Å². The van der Waals surface area contributed by atoms with Gasteiger partial charge in [0.15, 0.2) is 47.7 Å². The van der Waals surface area contributed by atoms with Crippen molar-refractivity contribution in [2.75, 3.05) is 0 Å². The first-order valence-electron chi connectivity index (χ1n) is 50.4. The number of aryl methyl sites for hydroxylation is 15. The second-order valence-electron chi connectivity index (χ2n) is 33.4. The zero-order valence-electron chi connectivity index (χ0n) is 88.0. The van der Waals surface area contributed by atoms with Crippen molar-refractivity contribution in [3.8, 4) is 56.3 Å². The van der Waals surface area contributed by atoms with Crippen LogP contribution in [0.5, 0.6) is 0 Å². The molecule has 0 spiro atoms. The topological polar surface area (TPSA) is 137 Å². The minimum absolute atomic E-state index is 0. The summed E-state index contributed by atoms with van der Waals surface area (Å²) >= 11 is 0. The van der Waals surface area contributed by atoms with E-state index in [9.17, 15) is 0 Å². The highest BCUT2D eigenvalue weighted by molar-refractivity contribution is 6.21. The molecule has 0 saturated carbocycles. The largest absolute Gasteiger partial charge is 0.448 e. The summed E-state index contributed by atoms with van der Waals surface area (Å²) in [6.07, 6.45) is 16.3. The van der Waals surface area contributed by atoms with E-state index in [1.54, 1.807) is 90.6 Å². The molecule has 0 radical (unpaired) electrons. The van der Waals surface area contributed by atoms with Crippen LogP contribution in [0.4, 0.5) is 0 Å². The number of hydrogen-bond acceptors (Lipinski definition) is 9. The van der Waals surface area contributed by atoms with Gasteiger partial charge in [-0.05, 0) is 163 Å². The molecule has 0 atom stereocenters. The maximum absolute atomic E-state index is 8.16. The number of benzene rings is 11. The zero-order chi connectivity index (χ0) is 102. The summed E-state index contributed by atoms with van der Waals surface area (Å²) in [5, 5.41) is 14.4. The van der Waals surface area contributed by atoms with E-state index in [0.29, 0.717) is 72.1 Å². The molecule has 11 aromatic carbocycles. The van der Waals surface area contributed by atoms with E-state index in [4.69, 9.17) is 42.6 Å². The second-order valence-corrected chi connectivity index (χ2v) is 33.4. The van der Waals surface area contributed by atoms with Gasteiger partial charge in [0.1, 0.15) is 63.0 Å². The van der Waals surface area contributed by atoms with Gasteiger partial charge in [0.25, 0.3) is 28.5 Å². The first-order chi connectivity index (χ1) is 69.3. The molecule has 14 aromatic heterocycles. The van der Waals surface area contributed by atoms with Gasteiger partial charge < -0.3 is 22.1 Å². The van der Waals surface area contributed by atoms with Crippen LogP contribution >= 0.6 is 0 Å². The molecule has 0 amide bonds. The van der Waals surface area contributed by atoms with Crippen LogP contribution in [0.2, 0.25) is 0 Å². The molecule has 0 bridgehead atoms. The molecule has 0 N–H and O–H groups in total. The number of aromatic nitrogens is 9. The summed E-state index contributed by atoms with van der Waals surface area (Å²) in [6, 6.07) is 82.7. The molecule has 135 heavy (non-hydrogen) atoms. The Bertz CT molecular complexity index is 9190. The van der Waals surface area contributed by atoms with E-state index in [2.05, 4.69) is 160 Å². The highest BCUT2D eigenvalue weighted by Crippen LogP contribution is 2.45. The Labute approximate surface area is 809 Å². The monoisotopic (exact) mass is 1790 g/mol. The predicted octanol–water partition coefficient (Wildman–Crippen LogP) is 30.0. The van der Waals surface area contributed by atoms with E-state index in [1.807, 2.05) is 172 Å². The van der Waals surface area contributed by atoms with Crippen molar-refractivity contribution in [1.29, 1.82) is 0 Å². The lowest BCUT2D eigenvalue weighted by Crippen LogP contribution is -2.31. The standard InChI is InChI=1S/C25H22NO.C24H21N2O.C23H19N2O.2C22H17N2O.5CH4/c1-15-9-11-19(16(2)13-15)23-25-22(17(3)14-26(23)4)21-12-10-18-7-5-6-8-20(18)24(21)27-25;1-14-9-10-18(15(2)11-14)22-24-20(16(3)13-26(22)4)21-23(27-24)19-8-6-5-7-17(19)12-25-21;1-14-8-4-6-10-17(14)21-23-19(15(2)13-25(21)3)20-22(26-23)18-11-7-5-9-16(18)12-24-20;1-14-7-3-5-9-16(14)20-22-18(11-12-24(20)2)19-21(25-22)17-10-6-4-8-15(17)13-23-19;1-14-6-3-4-7-15(14)20-22-17(11-13-24(20)2)16-9-10-19-18(21(16)25-22)8-5-12-23-19;;;;;/h5-14H,1-4H3;5-13H,1-4H3;4-13H,1-3H3;2*3-13H,1-2H3;5*1H4/q5*+1;;;;;/i2*1D3,3D3;2D3;;;;;;;. The molecular weight excluding hydrogens is 1660 g/mol. The van der Waals surface area contributed by atoms with Gasteiger partial charge in [-0.1, -0.05) is 230 Å². The molecule has 0 aliphatic carbocycles. The number of hydrogen-bond donors (Lipinski definition) is 0. The molecule has 14 heteroatoms. The predicted molar refractivity (Wildman–Crippen MR) is 561 cm³/mol. The van der Waals surface area contributed by atoms with Gasteiger partial charge in [-0.2, -0.15) is 22.8 Å². The van der Waals surface area contributed by atoms with Gasteiger partial charge in [0.05, 0.1) is 49.5 Å². The number of pyridine rings is 9. The Morgan fingerprint density at radius 2 is 0.578 bits per heavy atom. The maximum Gasteiger partial charge on any atom is 0.256 e. The Morgan fingerprint density at radius 1 is 0.237 bits per heavy atom. The van der Waals surface area contributed by atoms with Crippen LogP contribution in [0.1, 0.15) is 113 Å². The van der Waals surface area contributed by atoms with E-state index in [-0.39, 0.29) is 65.0 Å². The smallest absolute Gasteiger partial charge is 0.256 e. The fourth-order valence-corrected chi connectivity index (χ4v) is 18.8. The SMILES string of the molecule is C.C.C.C.C.Cc1ccccc1-c1c2oc3c4ccccc4cnc3c2cc[n+]1C.Cc1ccccc1-c1c2oc3c4cccnc4ccc3c2cc[n+]1C.[2H]C([2H])([2H])c1c[n+](C)c(-c2ccccc2C)c2oc3c4ccccc4cnc3c12.[2H]C([2H])([2H])c1ccc(-c2c3oc4c5ccccc5ccc4c3c(C([2H])([2H])[2H])c[n+]2C)c(C)c1.[2H]C([2H])([2H])c1ccc(-c2c3oc4c5ccccc5cnc4c3c(C([2H])([2H])[2H])c[n+]2C)c(C)c1. The molecular formula is C121H116N9O5+5. The molecule has 0 saturated heterocycles. The molecule has 0 unspecified atom stereocenters. The Morgan fingerprint density at radius 3 is 1.04 bits per heavy atom. The zero-order valence-corrected chi connectivity index (χ0v) is 73.0. The minimum Gasteiger partial charge on any atom is -0.448 e. The highest BCUT2D eigenvalue weighted by atomic mass is 16.3. The Hall–Kier alpha value is -15.9. The van der Waals surface area contributed by atoms with Gasteiger partial charge in [-0.25, -0.2) is 0 Å². The van der Waals surface area contributed by atoms with Gasteiger partial charge in [0.2, 0.25) is 27.9 Å². The number of nitrogens with zero attached hydrogens (tertiary/aromatic N) is 9. The summed E-state index contributed by atoms with van der Waals surface area (Å²) < 4.78 is 161. The van der Waals surface area contributed by atoms with Crippen LogP contribution < -0.4 is 22.8 Å². The molecule has 25 aromatic rings. The van der Waals surface area contributed by atoms with Crippen LogP contribution in [0.15, 0.2) is 333 Å². The Kier molecular flexibility index (Phi) is 20.5. The number of rotatable bonds is 5. The average molecular weight is 1790 g/mol. The van der Waals surface area contributed by atoms with Crippen molar-refractivity contribution in [2.45, 2.75) is 106 Å². The quantitative estimate of drug-likeness (QED) is 0.154.